The molecule has 0 saturated heterocycles. The van der Waals surface area contributed by atoms with Gasteiger partial charge in [-0.05, 0) is 58.0 Å². The van der Waals surface area contributed by atoms with Crippen molar-refractivity contribution in [1.29, 1.82) is 0 Å². The van der Waals surface area contributed by atoms with E-state index in [0.29, 0.717) is 19.5 Å². The fourth-order valence-corrected chi connectivity index (χ4v) is 5.05. The molecule has 0 aliphatic rings. The van der Waals surface area contributed by atoms with Crippen LogP contribution in [-0.4, -0.2) is 36.7 Å². The first kappa shape index (κ1) is 29.8. The van der Waals surface area contributed by atoms with Crippen molar-refractivity contribution >= 4 is 28.5 Å². The molecule has 41 heavy (non-hydrogen) atoms. The van der Waals surface area contributed by atoms with Gasteiger partial charge in [-0.25, -0.2) is 4.79 Å². The standard InChI is InChI=1S/C35H41N3O3/c1-3-4-5-6-9-22-36-35(41)38(2)31-16-11-14-29(24-31)27-20-18-26(19-21-27)23-33(34(39)40)37-25-30-15-10-13-28-12-7-8-17-32(28)30/h7-8,10-21,24,33,37H,3-6,9,22-23,25H2,1-2H3,(H,36,41)(H,39,40)/t33-/m0/s1. The van der Waals surface area contributed by atoms with Crippen molar-refractivity contribution in [3.8, 4) is 11.1 Å². The number of anilines is 1. The third kappa shape index (κ3) is 8.41. The first-order valence-corrected chi connectivity index (χ1v) is 14.6. The van der Waals surface area contributed by atoms with Crippen molar-refractivity contribution in [3.05, 3.63) is 102 Å². The van der Waals surface area contributed by atoms with E-state index in [-0.39, 0.29) is 6.03 Å². The molecule has 4 aromatic carbocycles. The summed E-state index contributed by atoms with van der Waals surface area (Å²) in [4.78, 5) is 26.4. The van der Waals surface area contributed by atoms with Crippen molar-refractivity contribution in [2.75, 3.05) is 18.5 Å². The van der Waals surface area contributed by atoms with Crippen molar-refractivity contribution in [3.63, 3.8) is 0 Å². The number of unbranched alkanes of at least 4 members (excludes halogenated alkanes) is 4. The van der Waals surface area contributed by atoms with Gasteiger partial charge in [0.1, 0.15) is 6.04 Å². The quantitative estimate of drug-likeness (QED) is 0.143. The van der Waals surface area contributed by atoms with E-state index < -0.39 is 12.0 Å². The molecule has 0 aliphatic carbocycles. The van der Waals surface area contributed by atoms with Gasteiger partial charge in [-0.2, -0.15) is 0 Å². The highest BCUT2D eigenvalue weighted by Gasteiger charge is 2.18. The highest BCUT2D eigenvalue weighted by molar-refractivity contribution is 5.92. The summed E-state index contributed by atoms with van der Waals surface area (Å²) < 4.78 is 0. The predicted molar refractivity (Wildman–Crippen MR) is 168 cm³/mol. The minimum atomic E-state index is -0.871. The van der Waals surface area contributed by atoms with Crippen LogP contribution in [0.4, 0.5) is 10.5 Å². The molecule has 0 radical (unpaired) electrons. The van der Waals surface area contributed by atoms with Crippen LogP contribution < -0.4 is 15.5 Å². The van der Waals surface area contributed by atoms with Crippen molar-refractivity contribution in [2.45, 2.75) is 58.0 Å². The van der Waals surface area contributed by atoms with Gasteiger partial charge in [0.2, 0.25) is 0 Å². The van der Waals surface area contributed by atoms with Gasteiger partial charge in [0.05, 0.1) is 0 Å². The maximum absolute atomic E-state index is 12.7. The van der Waals surface area contributed by atoms with Crippen molar-refractivity contribution in [1.82, 2.24) is 10.6 Å². The average Bonchev–Trinajstić information content (AvgIpc) is 3.00. The number of benzene rings is 4. The minimum Gasteiger partial charge on any atom is -0.480 e. The number of nitrogens with one attached hydrogen (secondary N) is 2. The number of nitrogens with zero attached hydrogens (tertiary/aromatic N) is 1. The summed E-state index contributed by atoms with van der Waals surface area (Å²) >= 11 is 0. The van der Waals surface area contributed by atoms with E-state index in [1.165, 1.54) is 19.3 Å². The molecule has 2 amide bonds. The number of carbonyl (C=O) groups excluding carboxylic acids is 1. The monoisotopic (exact) mass is 551 g/mol. The number of fused-ring (bicyclic) bond motifs is 1. The summed E-state index contributed by atoms with van der Waals surface area (Å²) in [5.74, 6) is -0.871. The summed E-state index contributed by atoms with van der Waals surface area (Å²) in [6.07, 6.45) is 6.17. The maximum atomic E-state index is 12.7. The number of urea groups is 1. The van der Waals surface area contributed by atoms with Gasteiger partial charge in [0.15, 0.2) is 0 Å². The van der Waals surface area contributed by atoms with E-state index in [2.05, 4.69) is 35.8 Å². The number of carbonyl (C=O) groups is 2. The largest absolute Gasteiger partial charge is 0.480 e. The van der Waals surface area contributed by atoms with E-state index in [9.17, 15) is 14.7 Å². The van der Waals surface area contributed by atoms with Gasteiger partial charge in [-0.1, -0.05) is 111 Å². The van der Waals surface area contributed by atoms with E-state index in [1.807, 2.05) is 72.8 Å². The van der Waals surface area contributed by atoms with E-state index in [1.54, 1.807) is 11.9 Å². The predicted octanol–water partition coefficient (Wildman–Crippen LogP) is 7.41. The Morgan fingerprint density at radius 1 is 0.829 bits per heavy atom. The van der Waals surface area contributed by atoms with Crippen molar-refractivity contribution < 1.29 is 14.7 Å². The van der Waals surface area contributed by atoms with Crippen LogP contribution in [0.2, 0.25) is 0 Å². The lowest BCUT2D eigenvalue weighted by Crippen LogP contribution is -2.38. The molecular formula is C35H41N3O3. The zero-order valence-electron chi connectivity index (χ0n) is 24.1. The molecular weight excluding hydrogens is 510 g/mol. The van der Waals surface area contributed by atoms with E-state index in [0.717, 1.165) is 51.6 Å². The molecule has 3 N–H and O–H groups in total. The van der Waals surface area contributed by atoms with Gasteiger partial charge in [-0.15, -0.1) is 0 Å². The zero-order chi connectivity index (χ0) is 29.0. The van der Waals surface area contributed by atoms with Gasteiger partial charge in [-0.3, -0.25) is 15.0 Å². The normalized spacial score (nSPS) is 11.8. The van der Waals surface area contributed by atoms with Gasteiger partial charge >= 0.3 is 12.0 Å². The highest BCUT2D eigenvalue weighted by atomic mass is 16.4. The Bertz CT molecular complexity index is 1430. The lowest BCUT2D eigenvalue weighted by atomic mass is 9.99. The van der Waals surface area contributed by atoms with Crippen LogP contribution in [0.3, 0.4) is 0 Å². The minimum absolute atomic E-state index is 0.108. The van der Waals surface area contributed by atoms with Crippen LogP contribution in [-0.2, 0) is 17.8 Å². The van der Waals surface area contributed by atoms with E-state index in [4.69, 9.17) is 0 Å². The first-order chi connectivity index (χ1) is 20.0. The summed E-state index contributed by atoms with van der Waals surface area (Å²) in [5, 5.41) is 18.4. The highest BCUT2D eigenvalue weighted by Crippen LogP contribution is 2.25. The Kier molecular flexibility index (Phi) is 10.9. The second-order valence-electron chi connectivity index (χ2n) is 10.6. The Labute approximate surface area is 243 Å². The fraction of sp³-hybridized carbons (Fsp3) is 0.314. The molecule has 4 aromatic rings. The van der Waals surface area contributed by atoms with Crippen molar-refractivity contribution in [2.24, 2.45) is 0 Å². The molecule has 4 rings (SSSR count). The lowest BCUT2D eigenvalue weighted by Gasteiger charge is -2.19. The Morgan fingerprint density at radius 2 is 1.56 bits per heavy atom. The lowest BCUT2D eigenvalue weighted by molar-refractivity contribution is -0.139. The molecule has 0 saturated carbocycles. The molecule has 1 atom stereocenters. The second kappa shape index (κ2) is 15.0. The number of rotatable bonds is 14. The summed E-state index contributed by atoms with van der Waals surface area (Å²) in [5.41, 5.74) is 4.85. The third-order valence-corrected chi connectivity index (χ3v) is 7.54. The number of amides is 2. The molecule has 0 fully saturated rings. The number of hydrogen-bond acceptors (Lipinski definition) is 3. The van der Waals surface area contributed by atoms with Gasteiger partial charge < -0.3 is 10.4 Å². The Balaban J connectivity index is 1.35. The summed E-state index contributed by atoms with van der Waals surface area (Å²) in [7, 11) is 1.78. The first-order valence-electron chi connectivity index (χ1n) is 14.6. The van der Waals surface area contributed by atoms with Gasteiger partial charge in [0.25, 0.3) is 0 Å². The molecule has 0 aromatic heterocycles. The van der Waals surface area contributed by atoms with Gasteiger partial charge in [0, 0.05) is 25.8 Å². The van der Waals surface area contributed by atoms with Crippen LogP contribution in [0.25, 0.3) is 21.9 Å². The molecule has 214 valence electrons. The smallest absolute Gasteiger partial charge is 0.321 e. The summed E-state index contributed by atoms with van der Waals surface area (Å²) in [6.45, 7) is 3.35. The Morgan fingerprint density at radius 3 is 2.34 bits per heavy atom. The zero-order valence-corrected chi connectivity index (χ0v) is 24.1. The summed E-state index contributed by atoms with van der Waals surface area (Å²) in [6, 6.07) is 29.3. The van der Waals surface area contributed by atoms with Crippen LogP contribution in [0.15, 0.2) is 91.0 Å². The van der Waals surface area contributed by atoms with Crippen LogP contribution in [0, 0.1) is 0 Å². The number of carboxylic acid groups (broad SMARTS) is 1. The molecule has 0 unspecified atom stereocenters. The molecule has 0 bridgehead atoms. The number of carboxylic acids is 1. The van der Waals surface area contributed by atoms with Crippen LogP contribution in [0.5, 0.6) is 0 Å². The number of hydrogen-bond donors (Lipinski definition) is 3. The van der Waals surface area contributed by atoms with Crippen LogP contribution in [0.1, 0.15) is 50.2 Å². The van der Waals surface area contributed by atoms with E-state index >= 15 is 0 Å². The molecule has 6 heteroatoms. The molecule has 6 nitrogen and oxygen atoms in total. The number of aliphatic carboxylic acids is 1. The average molecular weight is 552 g/mol. The second-order valence-corrected chi connectivity index (χ2v) is 10.6. The topological polar surface area (TPSA) is 81.7 Å². The van der Waals surface area contributed by atoms with Crippen LogP contribution >= 0.6 is 0 Å². The maximum Gasteiger partial charge on any atom is 0.321 e. The third-order valence-electron chi connectivity index (χ3n) is 7.54. The fourth-order valence-electron chi connectivity index (χ4n) is 5.05. The molecule has 0 heterocycles. The Hall–Kier alpha value is -4.16. The molecule has 0 aliphatic heterocycles. The molecule has 0 spiro atoms. The SMILES string of the molecule is CCCCCCCNC(=O)N(C)c1cccc(-c2ccc(C[C@H](NCc3cccc4ccccc34)C(=O)O)cc2)c1.